The van der Waals surface area contributed by atoms with Crippen LogP contribution in [0.15, 0.2) is 70.4 Å². The second kappa shape index (κ2) is 7.58. The number of rotatable bonds is 2. The Morgan fingerprint density at radius 1 is 1.06 bits per heavy atom. The second-order valence-corrected chi connectivity index (χ2v) is 10.1. The predicted octanol–water partition coefficient (Wildman–Crippen LogP) is 6.82. The van der Waals surface area contributed by atoms with E-state index in [4.69, 9.17) is 4.74 Å². The number of ether oxygens (including phenoxy) is 1. The number of alkyl halides is 3. The SMILES string of the molecule is CC1(C)CC(=O)C2=C(C1)Oc1c(c(C(F)(F)F)nn1-c1ccccc1)C2c1ccc(Br)cc1. The molecule has 0 N–H and O–H groups in total. The maximum Gasteiger partial charge on any atom is 0.435 e. The summed E-state index contributed by atoms with van der Waals surface area (Å²) in [5.74, 6) is -0.692. The van der Waals surface area contributed by atoms with Crippen molar-refractivity contribution in [3.05, 3.63) is 87.2 Å². The smallest absolute Gasteiger partial charge is 0.435 e. The van der Waals surface area contributed by atoms with Crippen molar-refractivity contribution in [1.29, 1.82) is 0 Å². The Morgan fingerprint density at radius 3 is 2.36 bits per heavy atom. The van der Waals surface area contributed by atoms with E-state index in [0.29, 0.717) is 29.0 Å². The van der Waals surface area contributed by atoms with E-state index < -0.39 is 17.8 Å². The van der Waals surface area contributed by atoms with E-state index in [-0.39, 0.29) is 29.1 Å². The molecule has 0 fully saturated rings. The average Bonchev–Trinajstić information content (AvgIpc) is 3.12. The molecular formula is C25H20BrF3N2O2. The van der Waals surface area contributed by atoms with Gasteiger partial charge < -0.3 is 4.74 Å². The Kier molecular flexibility index (Phi) is 5.04. The molecule has 3 aromatic rings. The maximum absolute atomic E-state index is 14.3. The zero-order chi connectivity index (χ0) is 23.5. The summed E-state index contributed by atoms with van der Waals surface area (Å²) in [6, 6.07) is 15.6. The van der Waals surface area contributed by atoms with Crippen LogP contribution in [0.1, 0.15) is 49.4 Å². The van der Waals surface area contributed by atoms with Crippen molar-refractivity contribution >= 4 is 21.7 Å². The van der Waals surface area contributed by atoms with Crippen molar-refractivity contribution in [3.8, 4) is 11.6 Å². The molecule has 1 atom stereocenters. The highest BCUT2D eigenvalue weighted by Crippen LogP contribution is 2.53. The van der Waals surface area contributed by atoms with Gasteiger partial charge in [0.05, 0.1) is 11.3 Å². The molecule has 0 amide bonds. The predicted molar refractivity (Wildman–Crippen MR) is 120 cm³/mol. The van der Waals surface area contributed by atoms with Crippen LogP contribution in [0.5, 0.6) is 5.88 Å². The molecule has 33 heavy (non-hydrogen) atoms. The van der Waals surface area contributed by atoms with Crippen LogP contribution in [0.4, 0.5) is 13.2 Å². The molecule has 1 aliphatic carbocycles. The number of para-hydroxylation sites is 1. The molecule has 0 saturated carbocycles. The fraction of sp³-hybridized carbons (Fsp3) is 0.280. The van der Waals surface area contributed by atoms with Gasteiger partial charge >= 0.3 is 6.18 Å². The van der Waals surface area contributed by atoms with Gasteiger partial charge in [-0.1, -0.05) is 60.1 Å². The summed E-state index contributed by atoms with van der Waals surface area (Å²) in [6.45, 7) is 3.91. The van der Waals surface area contributed by atoms with Crippen LogP contribution in [0.25, 0.3) is 5.69 Å². The number of hydrogen-bond donors (Lipinski definition) is 0. The van der Waals surface area contributed by atoms with E-state index in [1.165, 1.54) is 4.68 Å². The summed E-state index contributed by atoms with van der Waals surface area (Å²) >= 11 is 3.38. The van der Waals surface area contributed by atoms with Crippen LogP contribution >= 0.6 is 15.9 Å². The Hall–Kier alpha value is -2.87. The zero-order valence-corrected chi connectivity index (χ0v) is 19.5. The lowest BCUT2D eigenvalue weighted by Gasteiger charge is -2.37. The molecule has 2 aliphatic rings. The minimum absolute atomic E-state index is 0.00527. The lowest BCUT2D eigenvalue weighted by molar-refractivity contribution is -0.142. The first kappa shape index (κ1) is 21.9. The van der Waals surface area contributed by atoms with Gasteiger partial charge in [0.2, 0.25) is 5.88 Å². The number of allylic oxidation sites excluding steroid dienone is 2. The van der Waals surface area contributed by atoms with Gasteiger partial charge in [-0.05, 0) is 35.2 Å². The summed E-state index contributed by atoms with van der Waals surface area (Å²) in [5, 5.41) is 3.97. The van der Waals surface area contributed by atoms with Crippen molar-refractivity contribution in [2.24, 2.45) is 5.41 Å². The Labute approximate surface area is 197 Å². The highest BCUT2D eigenvalue weighted by atomic mass is 79.9. The highest BCUT2D eigenvalue weighted by Gasteiger charge is 2.49. The third-order valence-corrected chi connectivity index (χ3v) is 6.56. The van der Waals surface area contributed by atoms with Gasteiger partial charge in [0, 0.05) is 28.8 Å². The van der Waals surface area contributed by atoms with Crippen molar-refractivity contribution in [1.82, 2.24) is 9.78 Å². The fourth-order valence-electron chi connectivity index (χ4n) is 4.67. The molecule has 1 unspecified atom stereocenters. The molecule has 0 radical (unpaired) electrons. The van der Waals surface area contributed by atoms with Crippen molar-refractivity contribution in [2.75, 3.05) is 0 Å². The van der Waals surface area contributed by atoms with Crippen LogP contribution in [-0.2, 0) is 11.0 Å². The van der Waals surface area contributed by atoms with E-state index in [9.17, 15) is 18.0 Å². The first-order chi connectivity index (χ1) is 15.5. The van der Waals surface area contributed by atoms with Gasteiger partial charge in [-0.25, -0.2) is 0 Å². The number of fused-ring (bicyclic) bond motifs is 1. The molecule has 0 bridgehead atoms. The molecule has 2 aromatic carbocycles. The molecule has 170 valence electrons. The first-order valence-corrected chi connectivity index (χ1v) is 11.3. The minimum Gasteiger partial charge on any atom is -0.442 e. The van der Waals surface area contributed by atoms with Crippen LogP contribution in [-0.4, -0.2) is 15.6 Å². The van der Waals surface area contributed by atoms with Gasteiger partial charge in [0.15, 0.2) is 11.5 Å². The van der Waals surface area contributed by atoms with Crippen molar-refractivity contribution in [3.63, 3.8) is 0 Å². The first-order valence-electron chi connectivity index (χ1n) is 10.5. The number of Topliss-reactive ketones (excluding diaryl/α,β-unsaturated/α-hetero) is 1. The Balaban J connectivity index is 1.82. The summed E-state index contributed by atoms with van der Waals surface area (Å²) in [7, 11) is 0. The maximum atomic E-state index is 14.3. The van der Waals surface area contributed by atoms with Crippen LogP contribution in [0.3, 0.4) is 0 Å². The van der Waals surface area contributed by atoms with Crippen LogP contribution < -0.4 is 4.74 Å². The van der Waals surface area contributed by atoms with E-state index in [2.05, 4.69) is 21.0 Å². The van der Waals surface area contributed by atoms with Crippen molar-refractivity contribution in [2.45, 2.75) is 38.8 Å². The van der Waals surface area contributed by atoms with Crippen LogP contribution in [0.2, 0.25) is 0 Å². The van der Waals surface area contributed by atoms with Gasteiger partial charge in [-0.2, -0.15) is 23.0 Å². The van der Waals surface area contributed by atoms with Crippen molar-refractivity contribution < 1.29 is 22.7 Å². The molecule has 5 rings (SSSR count). The average molecular weight is 517 g/mol. The van der Waals surface area contributed by atoms with E-state index in [1.54, 1.807) is 54.6 Å². The topological polar surface area (TPSA) is 44.1 Å². The number of hydrogen-bond acceptors (Lipinski definition) is 3. The molecule has 4 nitrogen and oxygen atoms in total. The summed E-state index contributed by atoms with van der Waals surface area (Å²) in [5.41, 5.74) is -0.200. The van der Waals surface area contributed by atoms with E-state index >= 15 is 0 Å². The molecule has 0 spiro atoms. The van der Waals surface area contributed by atoms with E-state index in [0.717, 1.165) is 4.47 Å². The van der Waals surface area contributed by atoms with Crippen LogP contribution in [0, 0.1) is 5.41 Å². The standard InChI is InChI=1S/C25H20BrF3N2O2/c1-24(2)12-17(32)20-18(13-24)33-23-21(19(20)14-8-10-15(26)11-9-14)22(25(27,28)29)30-31(23)16-6-4-3-5-7-16/h3-11,19H,12-13H2,1-2H3. The quantitative estimate of drug-likeness (QED) is 0.375. The number of carbonyl (C=O) groups is 1. The molecule has 8 heteroatoms. The molecular weight excluding hydrogens is 497 g/mol. The zero-order valence-electron chi connectivity index (χ0n) is 17.9. The number of halogens is 4. The second-order valence-electron chi connectivity index (χ2n) is 9.18. The number of benzene rings is 2. The van der Waals surface area contributed by atoms with Gasteiger partial charge in [0.25, 0.3) is 0 Å². The number of carbonyl (C=O) groups excluding carboxylic acids is 1. The normalized spacial score (nSPS) is 19.7. The largest absolute Gasteiger partial charge is 0.442 e. The summed E-state index contributed by atoms with van der Waals surface area (Å²) < 4.78 is 50.9. The molecule has 2 heterocycles. The third kappa shape index (κ3) is 3.80. The van der Waals surface area contributed by atoms with E-state index in [1.807, 2.05) is 13.8 Å². The fourth-order valence-corrected chi connectivity index (χ4v) is 4.93. The van der Waals surface area contributed by atoms with Gasteiger partial charge in [-0.3, -0.25) is 4.79 Å². The Morgan fingerprint density at radius 2 is 1.73 bits per heavy atom. The lowest BCUT2D eigenvalue weighted by Crippen LogP contribution is -2.33. The number of nitrogens with zero attached hydrogens (tertiary/aromatic N) is 2. The highest BCUT2D eigenvalue weighted by molar-refractivity contribution is 9.10. The lowest BCUT2D eigenvalue weighted by atomic mass is 9.70. The number of aromatic nitrogens is 2. The van der Waals surface area contributed by atoms with Gasteiger partial charge in [-0.15, -0.1) is 0 Å². The monoisotopic (exact) mass is 516 g/mol. The summed E-state index contributed by atoms with van der Waals surface area (Å²) in [6.07, 6.45) is -4.04. The van der Waals surface area contributed by atoms with Gasteiger partial charge in [0.1, 0.15) is 5.76 Å². The third-order valence-electron chi connectivity index (χ3n) is 6.03. The molecule has 0 saturated heterocycles. The molecule has 1 aliphatic heterocycles. The number of ketones is 1. The molecule has 1 aromatic heterocycles. The minimum atomic E-state index is -4.73. The summed E-state index contributed by atoms with van der Waals surface area (Å²) in [4.78, 5) is 13.3. The Bertz CT molecular complexity index is 1280.